The van der Waals surface area contributed by atoms with E-state index in [9.17, 15) is 9.59 Å². The number of ether oxygens (including phenoxy) is 1. The summed E-state index contributed by atoms with van der Waals surface area (Å²) in [6, 6.07) is 8.13. The third kappa shape index (κ3) is 8.30. The van der Waals surface area contributed by atoms with Gasteiger partial charge in [0.25, 0.3) is 0 Å². The molecule has 0 bridgehead atoms. The fourth-order valence-corrected chi connectivity index (χ4v) is 1.83. The monoisotopic (exact) mass is 322 g/mol. The van der Waals surface area contributed by atoms with Crippen molar-refractivity contribution >= 4 is 18.0 Å². The average molecular weight is 322 g/mol. The lowest BCUT2D eigenvalue weighted by Crippen LogP contribution is -2.41. The van der Waals surface area contributed by atoms with Gasteiger partial charge >= 0.3 is 12.1 Å². The normalized spacial score (nSPS) is 11.3. The summed E-state index contributed by atoms with van der Waals surface area (Å²) in [5.41, 5.74) is 11.2. The van der Waals surface area contributed by atoms with Crippen LogP contribution in [0.15, 0.2) is 35.3 Å². The Labute approximate surface area is 134 Å². The Morgan fingerprint density at radius 2 is 1.91 bits per heavy atom. The molecule has 6 N–H and O–H groups in total. The Morgan fingerprint density at radius 1 is 1.22 bits per heavy atom. The van der Waals surface area contributed by atoms with Gasteiger partial charge in [-0.2, -0.15) is 0 Å². The fourth-order valence-electron chi connectivity index (χ4n) is 1.83. The highest BCUT2D eigenvalue weighted by atomic mass is 16.5. The van der Waals surface area contributed by atoms with Crippen LogP contribution in [-0.2, 0) is 16.1 Å². The van der Waals surface area contributed by atoms with Gasteiger partial charge in [-0.1, -0.05) is 30.3 Å². The van der Waals surface area contributed by atoms with Crippen LogP contribution in [0.3, 0.4) is 0 Å². The van der Waals surface area contributed by atoms with Crippen molar-refractivity contribution in [2.45, 2.75) is 31.9 Å². The second-order valence-corrected chi connectivity index (χ2v) is 4.90. The number of carboxylic acid groups (broad SMARTS) is 1. The van der Waals surface area contributed by atoms with Crippen LogP contribution in [0.2, 0.25) is 0 Å². The number of alkyl carbamates (subject to hydrolysis) is 1. The molecule has 1 atom stereocenters. The highest BCUT2D eigenvalue weighted by Crippen LogP contribution is 2.04. The lowest BCUT2D eigenvalue weighted by Gasteiger charge is -2.14. The second-order valence-electron chi connectivity index (χ2n) is 4.90. The van der Waals surface area contributed by atoms with E-state index in [1.165, 1.54) is 0 Å². The molecule has 1 aromatic carbocycles. The lowest BCUT2D eigenvalue weighted by molar-refractivity contribution is -0.139. The van der Waals surface area contributed by atoms with E-state index in [2.05, 4.69) is 10.3 Å². The van der Waals surface area contributed by atoms with Crippen molar-refractivity contribution in [3.05, 3.63) is 35.9 Å². The van der Waals surface area contributed by atoms with E-state index >= 15 is 0 Å². The van der Waals surface area contributed by atoms with Crippen LogP contribution in [-0.4, -0.2) is 35.7 Å². The molecule has 0 saturated heterocycles. The molecule has 126 valence electrons. The standard InChI is InChI=1S/C15H22N4O4/c16-14(17)18-9-5-4-8-12(13(20)21)19-15(22)23-10-11-6-2-1-3-7-11/h1-3,6-7,12H,4-5,8-10H2,(H,19,22)(H,20,21)(H4,16,17,18)/t12-/m1/s1. The molecule has 1 aromatic rings. The SMILES string of the molecule is NC(N)=NCCCC[C@@H](NC(=O)OCc1ccccc1)C(=O)O. The van der Waals surface area contributed by atoms with Gasteiger partial charge in [0.15, 0.2) is 5.96 Å². The first-order valence-electron chi connectivity index (χ1n) is 7.24. The van der Waals surface area contributed by atoms with E-state index in [-0.39, 0.29) is 19.0 Å². The van der Waals surface area contributed by atoms with Gasteiger partial charge in [0, 0.05) is 6.54 Å². The largest absolute Gasteiger partial charge is 0.480 e. The minimum Gasteiger partial charge on any atom is -0.480 e. The van der Waals surface area contributed by atoms with Gasteiger partial charge in [0.1, 0.15) is 12.6 Å². The van der Waals surface area contributed by atoms with Crippen LogP contribution >= 0.6 is 0 Å². The predicted octanol–water partition coefficient (Wildman–Crippen LogP) is 0.810. The number of carbonyl (C=O) groups excluding carboxylic acids is 1. The van der Waals surface area contributed by atoms with Crippen LogP contribution in [0, 0.1) is 0 Å². The minimum absolute atomic E-state index is 0.00222. The van der Waals surface area contributed by atoms with Crippen LogP contribution < -0.4 is 16.8 Å². The van der Waals surface area contributed by atoms with Gasteiger partial charge in [-0.05, 0) is 24.8 Å². The van der Waals surface area contributed by atoms with Gasteiger partial charge in [0.2, 0.25) is 0 Å². The van der Waals surface area contributed by atoms with Crippen LogP contribution in [0.25, 0.3) is 0 Å². The number of nitrogens with two attached hydrogens (primary N) is 2. The van der Waals surface area contributed by atoms with Gasteiger partial charge in [0.05, 0.1) is 0 Å². The van der Waals surface area contributed by atoms with Crippen molar-refractivity contribution in [3.8, 4) is 0 Å². The van der Waals surface area contributed by atoms with Crippen molar-refractivity contribution in [2.24, 2.45) is 16.5 Å². The summed E-state index contributed by atoms with van der Waals surface area (Å²) >= 11 is 0. The number of hydrogen-bond donors (Lipinski definition) is 4. The zero-order valence-electron chi connectivity index (χ0n) is 12.8. The molecule has 0 aliphatic carbocycles. The summed E-state index contributed by atoms with van der Waals surface area (Å²) in [6.45, 7) is 0.511. The van der Waals surface area contributed by atoms with Crippen molar-refractivity contribution in [1.29, 1.82) is 0 Å². The number of amides is 1. The van der Waals surface area contributed by atoms with Gasteiger partial charge in [-0.3, -0.25) is 4.99 Å². The number of rotatable bonds is 9. The molecule has 0 aliphatic rings. The zero-order valence-corrected chi connectivity index (χ0v) is 12.8. The fraction of sp³-hybridized carbons (Fsp3) is 0.400. The van der Waals surface area contributed by atoms with E-state index in [1.807, 2.05) is 30.3 Å². The molecule has 0 heterocycles. The van der Waals surface area contributed by atoms with Crippen molar-refractivity contribution in [1.82, 2.24) is 5.32 Å². The number of carbonyl (C=O) groups is 2. The number of aliphatic imine (C=N–C) groups is 1. The summed E-state index contributed by atoms with van der Waals surface area (Å²) in [7, 11) is 0. The molecular weight excluding hydrogens is 300 g/mol. The number of benzene rings is 1. The number of hydrogen-bond acceptors (Lipinski definition) is 4. The molecule has 0 saturated carbocycles. The molecule has 1 amide bonds. The molecule has 1 rings (SSSR count). The summed E-state index contributed by atoms with van der Waals surface area (Å²) < 4.78 is 5.00. The highest BCUT2D eigenvalue weighted by molar-refractivity contribution is 5.79. The third-order valence-electron chi connectivity index (χ3n) is 3.00. The first kappa shape index (κ1) is 18.3. The highest BCUT2D eigenvalue weighted by Gasteiger charge is 2.20. The Bertz CT molecular complexity index is 530. The van der Waals surface area contributed by atoms with E-state index in [0.29, 0.717) is 19.4 Å². The minimum atomic E-state index is -1.11. The predicted molar refractivity (Wildman–Crippen MR) is 85.7 cm³/mol. The summed E-state index contributed by atoms with van der Waals surface area (Å²) in [5, 5.41) is 11.5. The summed E-state index contributed by atoms with van der Waals surface area (Å²) in [6.07, 6.45) is 0.704. The van der Waals surface area contributed by atoms with Crippen molar-refractivity contribution in [3.63, 3.8) is 0 Å². The molecule has 0 aliphatic heterocycles. The zero-order chi connectivity index (χ0) is 17.1. The Balaban J connectivity index is 2.32. The maximum absolute atomic E-state index is 11.7. The number of aliphatic carboxylic acids is 1. The molecule has 0 radical (unpaired) electrons. The molecule has 23 heavy (non-hydrogen) atoms. The van der Waals surface area contributed by atoms with Gasteiger partial charge in [-0.15, -0.1) is 0 Å². The molecule has 0 fully saturated rings. The number of nitrogens with one attached hydrogen (secondary N) is 1. The summed E-state index contributed by atoms with van der Waals surface area (Å²) in [4.78, 5) is 26.6. The van der Waals surface area contributed by atoms with Crippen molar-refractivity contribution in [2.75, 3.05) is 6.54 Å². The van der Waals surface area contributed by atoms with E-state index < -0.39 is 18.1 Å². The van der Waals surface area contributed by atoms with E-state index in [4.69, 9.17) is 21.3 Å². The maximum Gasteiger partial charge on any atom is 0.408 e. The number of unbranched alkanes of at least 4 members (excludes halogenated alkanes) is 1. The molecule has 0 spiro atoms. The molecule has 0 aromatic heterocycles. The number of carboxylic acids is 1. The first-order valence-corrected chi connectivity index (χ1v) is 7.24. The maximum atomic E-state index is 11.7. The van der Waals surface area contributed by atoms with Gasteiger partial charge in [-0.25, -0.2) is 9.59 Å². The molecule has 8 heteroatoms. The quantitative estimate of drug-likeness (QED) is 0.301. The molecular formula is C15H22N4O4. The van der Waals surface area contributed by atoms with Crippen LogP contribution in [0.5, 0.6) is 0 Å². The van der Waals surface area contributed by atoms with Crippen LogP contribution in [0.1, 0.15) is 24.8 Å². The number of guanidine groups is 1. The lowest BCUT2D eigenvalue weighted by atomic mass is 10.1. The smallest absolute Gasteiger partial charge is 0.408 e. The van der Waals surface area contributed by atoms with Gasteiger partial charge < -0.3 is 26.6 Å². The Kier molecular flexibility index (Phi) is 7.98. The van der Waals surface area contributed by atoms with E-state index in [1.54, 1.807) is 0 Å². The average Bonchev–Trinajstić information content (AvgIpc) is 2.52. The first-order chi connectivity index (χ1) is 11.0. The van der Waals surface area contributed by atoms with E-state index in [0.717, 1.165) is 5.56 Å². The Morgan fingerprint density at radius 3 is 2.52 bits per heavy atom. The van der Waals surface area contributed by atoms with Crippen LogP contribution in [0.4, 0.5) is 4.79 Å². The number of nitrogens with zero attached hydrogens (tertiary/aromatic N) is 1. The molecule has 0 unspecified atom stereocenters. The van der Waals surface area contributed by atoms with Crippen molar-refractivity contribution < 1.29 is 19.4 Å². The Hall–Kier alpha value is -2.77. The molecule has 8 nitrogen and oxygen atoms in total. The third-order valence-corrected chi connectivity index (χ3v) is 3.00. The topological polar surface area (TPSA) is 140 Å². The second kappa shape index (κ2) is 10.0. The summed E-state index contributed by atoms with van der Waals surface area (Å²) in [5.74, 6) is -1.11.